The monoisotopic (exact) mass is 669 g/mol. The van der Waals surface area contributed by atoms with Crippen LogP contribution in [0.5, 0.6) is 5.75 Å². The van der Waals surface area contributed by atoms with E-state index >= 15 is 0 Å². The van der Waals surface area contributed by atoms with E-state index in [1.54, 1.807) is 37.3 Å². The van der Waals surface area contributed by atoms with E-state index in [2.05, 4.69) is 21.2 Å². The van der Waals surface area contributed by atoms with Crippen LogP contribution in [-0.2, 0) is 26.0 Å². The van der Waals surface area contributed by atoms with E-state index in [4.69, 9.17) is 4.74 Å². The second-order valence-electron chi connectivity index (χ2n) is 11.0. The number of carbonyl (C=O) groups is 2. The number of rotatable bonds is 12. The Balaban J connectivity index is 1.65. The van der Waals surface area contributed by atoms with Gasteiger partial charge in [-0.05, 0) is 84.9 Å². The number of nitrogens with one attached hydrogen (secondary N) is 1. The predicted octanol–water partition coefficient (Wildman–Crippen LogP) is 5.87. The van der Waals surface area contributed by atoms with Gasteiger partial charge in [0.1, 0.15) is 18.3 Å². The summed E-state index contributed by atoms with van der Waals surface area (Å²) >= 11 is 3.38. The normalized spacial score (nSPS) is 14.5. The van der Waals surface area contributed by atoms with Gasteiger partial charge in [-0.2, -0.15) is 0 Å². The summed E-state index contributed by atoms with van der Waals surface area (Å²) in [6.07, 6.45) is 5.68. The Morgan fingerprint density at radius 1 is 1.00 bits per heavy atom. The average Bonchev–Trinajstić information content (AvgIpc) is 3.01. The van der Waals surface area contributed by atoms with Crippen molar-refractivity contribution in [3.63, 3.8) is 0 Å². The summed E-state index contributed by atoms with van der Waals surface area (Å²) in [5.41, 5.74) is 2.33. The highest BCUT2D eigenvalue weighted by Gasteiger charge is 2.33. The molecule has 2 amide bonds. The molecule has 0 radical (unpaired) electrons. The Hall–Kier alpha value is -3.37. The summed E-state index contributed by atoms with van der Waals surface area (Å²) < 4.78 is 35.0. The highest BCUT2D eigenvalue weighted by molar-refractivity contribution is 9.10. The number of aryl methyl sites for hydroxylation is 1. The molecule has 0 heterocycles. The molecule has 10 heteroatoms. The van der Waals surface area contributed by atoms with Crippen LogP contribution in [0, 0.1) is 6.92 Å². The quantitative estimate of drug-likeness (QED) is 0.260. The van der Waals surface area contributed by atoms with E-state index in [0.29, 0.717) is 22.3 Å². The van der Waals surface area contributed by atoms with Crippen LogP contribution < -0.4 is 14.4 Å². The van der Waals surface area contributed by atoms with Crippen molar-refractivity contribution in [1.29, 1.82) is 0 Å². The lowest BCUT2D eigenvalue weighted by atomic mass is 9.95. The van der Waals surface area contributed by atoms with Crippen molar-refractivity contribution in [1.82, 2.24) is 10.2 Å². The molecule has 43 heavy (non-hydrogen) atoms. The smallest absolute Gasteiger partial charge is 0.264 e. The SMILES string of the molecule is COc1ccc(S(=O)(=O)N(CC(=O)N(CCc2ccccc2)[C@H](C)C(=O)NC2CCCCC2)c2ccc(C)cc2)cc1Br. The topological polar surface area (TPSA) is 96.0 Å². The van der Waals surface area contributed by atoms with E-state index in [0.717, 1.165) is 47.5 Å². The minimum Gasteiger partial charge on any atom is -0.496 e. The summed E-state index contributed by atoms with van der Waals surface area (Å²) in [4.78, 5) is 29.0. The van der Waals surface area contributed by atoms with Crippen molar-refractivity contribution < 1.29 is 22.7 Å². The number of anilines is 1. The van der Waals surface area contributed by atoms with Crippen LogP contribution in [0.2, 0.25) is 0 Å². The molecule has 0 aliphatic heterocycles. The molecular formula is C33H40BrN3O5S. The molecule has 1 aliphatic carbocycles. The van der Waals surface area contributed by atoms with Crippen molar-refractivity contribution in [3.8, 4) is 5.75 Å². The number of halogens is 1. The number of hydrogen-bond acceptors (Lipinski definition) is 5. The Labute approximate surface area is 263 Å². The molecule has 0 spiro atoms. The van der Waals surface area contributed by atoms with Crippen LogP contribution in [0.1, 0.15) is 50.2 Å². The minimum absolute atomic E-state index is 0.00692. The van der Waals surface area contributed by atoms with Gasteiger partial charge in [-0.1, -0.05) is 67.3 Å². The third-order valence-electron chi connectivity index (χ3n) is 7.92. The second-order valence-corrected chi connectivity index (χ2v) is 13.7. The van der Waals surface area contributed by atoms with E-state index in [1.165, 1.54) is 24.1 Å². The summed E-state index contributed by atoms with van der Waals surface area (Å²) in [5, 5.41) is 3.13. The number of benzene rings is 3. The first-order chi connectivity index (χ1) is 20.6. The highest BCUT2D eigenvalue weighted by Crippen LogP contribution is 2.31. The van der Waals surface area contributed by atoms with Gasteiger partial charge >= 0.3 is 0 Å². The van der Waals surface area contributed by atoms with Crippen molar-refractivity contribution in [2.75, 3.05) is 24.5 Å². The molecule has 230 valence electrons. The molecule has 3 aromatic rings. The minimum atomic E-state index is -4.18. The van der Waals surface area contributed by atoms with Gasteiger partial charge in [-0.3, -0.25) is 13.9 Å². The molecule has 0 saturated heterocycles. The fourth-order valence-electron chi connectivity index (χ4n) is 5.31. The number of amides is 2. The Bertz CT molecular complexity index is 1490. The van der Waals surface area contributed by atoms with E-state index in [9.17, 15) is 18.0 Å². The zero-order valence-electron chi connectivity index (χ0n) is 25.0. The molecule has 1 saturated carbocycles. The maximum absolute atomic E-state index is 14.1. The van der Waals surface area contributed by atoms with Gasteiger partial charge in [0.2, 0.25) is 11.8 Å². The fraction of sp³-hybridized carbons (Fsp3) is 0.394. The number of hydrogen-bond donors (Lipinski definition) is 1. The number of methoxy groups -OCH3 is 1. The van der Waals surface area contributed by atoms with Gasteiger partial charge in [-0.25, -0.2) is 8.42 Å². The van der Waals surface area contributed by atoms with E-state index in [1.807, 2.05) is 37.3 Å². The van der Waals surface area contributed by atoms with E-state index < -0.39 is 28.5 Å². The Morgan fingerprint density at radius 2 is 1.67 bits per heavy atom. The average molecular weight is 671 g/mol. The molecular weight excluding hydrogens is 630 g/mol. The number of nitrogens with zero attached hydrogens (tertiary/aromatic N) is 2. The lowest BCUT2D eigenvalue weighted by molar-refractivity contribution is -0.139. The largest absolute Gasteiger partial charge is 0.496 e. The predicted molar refractivity (Wildman–Crippen MR) is 173 cm³/mol. The van der Waals surface area contributed by atoms with E-state index in [-0.39, 0.29) is 23.4 Å². The van der Waals surface area contributed by atoms with Gasteiger partial charge in [0.05, 0.1) is 22.2 Å². The van der Waals surface area contributed by atoms with Gasteiger partial charge in [0.15, 0.2) is 0 Å². The zero-order chi connectivity index (χ0) is 31.0. The van der Waals surface area contributed by atoms with Gasteiger partial charge < -0.3 is 15.0 Å². The zero-order valence-corrected chi connectivity index (χ0v) is 27.4. The Kier molecular flexibility index (Phi) is 11.3. The first kappa shape index (κ1) is 32.5. The van der Waals surface area contributed by atoms with Crippen LogP contribution in [0.3, 0.4) is 0 Å². The van der Waals surface area contributed by atoms with Crippen LogP contribution >= 0.6 is 15.9 Å². The summed E-state index contributed by atoms with van der Waals surface area (Å²) in [6, 6.07) is 20.5. The molecule has 0 bridgehead atoms. The lowest BCUT2D eigenvalue weighted by Gasteiger charge is -2.33. The van der Waals surface area contributed by atoms with Crippen LogP contribution in [0.25, 0.3) is 0 Å². The summed E-state index contributed by atoms with van der Waals surface area (Å²) in [6.45, 7) is 3.42. The standard InChI is InChI=1S/C33H40BrN3O5S/c1-24-14-16-28(17-15-24)37(43(40,41)29-18-19-31(42-3)30(34)22-29)23-32(38)36(21-20-26-10-6-4-7-11-26)25(2)33(39)35-27-12-8-5-9-13-27/h4,6-7,10-11,14-19,22,25,27H,5,8-9,12-13,20-21,23H2,1-3H3,(H,35,39)/t25-/m1/s1. The number of sulfonamides is 1. The van der Waals surface area contributed by atoms with Gasteiger partial charge in [0.25, 0.3) is 10.0 Å². The molecule has 0 aromatic heterocycles. The third kappa shape index (κ3) is 8.38. The number of carbonyl (C=O) groups excluding carboxylic acids is 2. The van der Waals surface area contributed by atoms with Crippen LogP contribution in [-0.4, -0.2) is 57.4 Å². The van der Waals surface area contributed by atoms with Crippen LogP contribution in [0.15, 0.2) is 82.2 Å². The second kappa shape index (κ2) is 14.9. The summed E-state index contributed by atoms with van der Waals surface area (Å²) in [7, 11) is -2.68. The van der Waals surface area contributed by atoms with Gasteiger partial charge in [-0.15, -0.1) is 0 Å². The molecule has 1 aliphatic rings. The molecule has 4 rings (SSSR count). The van der Waals surface area contributed by atoms with Gasteiger partial charge in [0, 0.05) is 12.6 Å². The highest BCUT2D eigenvalue weighted by atomic mass is 79.9. The molecule has 0 unspecified atom stereocenters. The summed E-state index contributed by atoms with van der Waals surface area (Å²) in [5.74, 6) is -0.196. The van der Waals surface area contributed by atoms with Crippen molar-refractivity contribution in [2.24, 2.45) is 0 Å². The maximum Gasteiger partial charge on any atom is 0.264 e. The maximum atomic E-state index is 14.1. The first-order valence-electron chi connectivity index (χ1n) is 14.7. The number of ether oxygens (including phenoxy) is 1. The first-order valence-corrected chi connectivity index (χ1v) is 16.9. The molecule has 1 atom stereocenters. The fourth-order valence-corrected chi connectivity index (χ4v) is 7.45. The Morgan fingerprint density at radius 3 is 2.30 bits per heavy atom. The molecule has 1 N–H and O–H groups in total. The molecule has 1 fully saturated rings. The molecule has 8 nitrogen and oxygen atoms in total. The lowest BCUT2D eigenvalue weighted by Crippen LogP contribution is -2.53. The van der Waals surface area contributed by atoms with Crippen molar-refractivity contribution in [3.05, 3.63) is 88.4 Å². The van der Waals surface area contributed by atoms with Crippen molar-refractivity contribution >= 4 is 43.5 Å². The van der Waals surface area contributed by atoms with Crippen molar-refractivity contribution in [2.45, 2.75) is 69.4 Å². The molecule has 3 aromatic carbocycles. The van der Waals surface area contributed by atoms with Crippen LogP contribution in [0.4, 0.5) is 5.69 Å². The third-order valence-corrected chi connectivity index (χ3v) is 10.3.